The average molecular weight is 570 g/mol. The first-order valence-electron chi connectivity index (χ1n) is 15.3. The van der Waals surface area contributed by atoms with Crippen LogP contribution in [0.25, 0.3) is 0 Å². The summed E-state index contributed by atoms with van der Waals surface area (Å²) in [5.74, 6) is -0.0975. The third-order valence-corrected chi connectivity index (χ3v) is 7.68. The van der Waals surface area contributed by atoms with Gasteiger partial charge < -0.3 is 25.4 Å². The molecule has 8 heteroatoms. The summed E-state index contributed by atoms with van der Waals surface area (Å²) < 4.78 is 20.7. The number of carbonyl (C=O) groups excluding carboxylic acids is 2. The van der Waals surface area contributed by atoms with E-state index >= 15 is 0 Å². The highest BCUT2D eigenvalue weighted by Crippen LogP contribution is 2.22. The van der Waals surface area contributed by atoms with Crippen molar-refractivity contribution in [3.8, 4) is 5.75 Å². The van der Waals surface area contributed by atoms with Crippen molar-refractivity contribution in [1.82, 2.24) is 15.5 Å². The van der Waals surface area contributed by atoms with E-state index in [2.05, 4.69) is 36.6 Å². The molecular formula is C33H48FN3O4. The summed E-state index contributed by atoms with van der Waals surface area (Å²) in [6.45, 7) is 8.76. The fraction of sp³-hybridized carbons (Fsp3) is 0.576. The molecule has 0 spiro atoms. The van der Waals surface area contributed by atoms with E-state index in [0.29, 0.717) is 37.6 Å². The highest BCUT2D eigenvalue weighted by atomic mass is 19.1. The Balaban J connectivity index is 1.78. The van der Waals surface area contributed by atoms with Gasteiger partial charge in [-0.15, -0.1) is 0 Å². The second-order valence-corrected chi connectivity index (χ2v) is 11.2. The molecule has 3 N–H and O–H groups in total. The van der Waals surface area contributed by atoms with Crippen molar-refractivity contribution in [2.45, 2.75) is 90.8 Å². The Hall–Kier alpha value is -2.97. The maximum atomic E-state index is 14.6. The standard InChI is InChI=1S/C33H48FN3O4/c1-4-8-25-13-15-37(14-5-2)33(40)12-11-32(39)36-30(19-27-17-28(34)20-29(18-27)41-23-25)31(38)22-35-21-26-10-7-9-24(6-3)16-26/h7,9-10,16-18,20,25,30-31,35,38H,4-6,8,11-15,19,21-23H2,1-3H3,(H,36,39). The van der Waals surface area contributed by atoms with Gasteiger partial charge in [0.25, 0.3) is 0 Å². The normalized spacial score (nSPS) is 19.9. The number of amides is 2. The average Bonchev–Trinajstić information content (AvgIpc) is 2.95. The number of fused-ring (bicyclic) bond motifs is 2. The Bertz CT molecular complexity index is 1110. The van der Waals surface area contributed by atoms with Gasteiger partial charge in [-0.3, -0.25) is 9.59 Å². The first-order chi connectivity index (χ1) is 19.8. The third kappa shape index (κ3) is 11.1. The molecule has 2 aromatic rings. The van der Waals surface area contributed by atoms with Crippen LogP contribution in [0.1, 0.15) is 76.0 Å². The van der Waals surface area contributed by atoms with Gasteiger partial charge in [0.1, 0.15) is 11.6 Å². The van der Waals surface area contributed by atoms with E-state index in [9.17, 15) is 19.1 Å². The summed E-state index contributed by atoms with van der Waals surface area (Å²) >= 11 is 0. The summed E-state index contributed by atoms with van der Waals surface area (Å²) in [5, 5.41) is 17.3. The Morgan fingerprint density at radius 3 is 2.66 bits per heavy atom. The second kappa shape index (κ2) is 17.1. The number of rotatable bonds is 10. The lowest BCUT2D eigenvalue weighted by Crippen LogP contribution is -2.49. The molecule has 3 atom stereocenters. The lowest BCUT2D eigenvalue weighted by Gasteiger charge is -2.27. The molecule has 0 aliphatic carbocycles. The summed E-state index contributed by atoms with van der Waals surface area (Å²) in [4.78, 5) is 27.8. The van der Waals surface area contributed by atoms with E-state index in [4.69, 9.17) is 4.74 Å². The van der Waals surface area contributed by atoms with Crippen LogP contribution in [0.2, 0.25) is 0 Å². The number of halogens is 1. The van der Waals surface area contributed by atoms with Gasteiger partial charge in [-0.2, -0.15) is 0 Å². The molecule has 1 aliphatic rings. The molecule has 41 heavy (non-hydrogen) atoms. The van der Waals surface area contributed by atoms with Gasteiger partial charge in [-0.05, 0) is 66.8 Å². The molecule has 7 nitrogen and oxygen atoms in total. The number of hydrogen-bond donors (Lipinski definition) is 3. The third-order valence-electron chi connectivity index (χ3n) is 7.68. The van der Waals surface area contributed by atoms with Crippen molar-refractivity contribution < 1.29 is 23.8 Å². The molecule has 2 amide bonds. The number of carbonyl (C=O) groups is 2. The van der Waals surface area contributed by atoms with Gasteiger partial charge in [-0.1, -0.05) is 51.5 Å². The molecule has 0 fully saturated rings. The first-order valence-corrected chi connectivity index (χ1v) is 15.3. The SMILES string of the molecule is CCCC1CCN(CCC)C(=O)CCC(=O)NC(C(O)CNCc2cccc(CC)c2)Cc2cc(F)cc(c2)OC1. The van der Waals surface area contributed by atoms with Crippen molar-refractivity contribution >= 4 is 11.8 Å². The zero-order valence-corrected chi connectivity index (χ0v) is 25.0. The van der Waals surface area contributed by atoms with E-state index < -0.39 is 18.0 Å². The summed E-state index contributed by atoms with van der Waals surface area (Å²) in [6, 6.07) is 12.2. The fourth-order valence-electron chi connectivity index (χ4n) is 5.39. The Kier molecular flexibility index (Phi) is 13.6. The molecule has 0 aromatic heterocycles. The predicted molar refractivity (Wildman–Crippen MR) is 160 cm³/mol. The van der Waals surface area contributed by atoms with Gasteiger partial charge in [0.15, 0.2) is 0 Å². The van der Waals surface area contributed by atoms with Gasteiger partial charge in [0, 0.05) is 45.1 Å². The van der Waals surface area contributed by atoms with Crippen molar-refractivity contribution in [3.05, 3.63) is 65.0 Å². The molecule has 0 saturated carbocycles. The van der Waals surface area contributed by atoms with Gasteiger partial charge >= 0.3 is 0 Å². The van der Waals surface area contributed by atoms with Crippen molar-refractivity contribution in [2.24, 2.45) is 5.92 Å². The van der Waals surface area contributed by atoms with Crippen LogP contribution < -0.4 is 15.4 Å². The first kappa shape index (κ1) is 32.5. The van der Waals surface area contributed by atoms with Gasteiger partial charge in [-0.25, -0.2) is 4.39 Å². The molecule has 2 aromatic carbocycles. The molecular weight excluding hydrogens is 521 g/mol. The largest absolute Gasteiger partial charge is 0.493 e. The Labute approximate surface area is 244 Å². The van der Waals surface area contributed by atoms with Gasteiger partial charge in [0.2, 0.25) is 11.8 Å². The second-order valence-electron chi connectivity index (χ2n) is 11.2. The maximum Gasteiger partial charge on any atom is 0.223 e. The maximum absolute atomic E-state index is 14.6. The zero-order valence-electron chi connectivity index (χ0n) is 25.0. The minimum absolute atomic E-state index is 0.0365. The van der Waals surface area contributed by atoms with E-state index in [1.54, 1.807) is 6.07 Å². The van der Waals surface area contributed by atoms with Crippen LogP contribution in [0.15, 0.2) is 42.5 Å². The topological polar surface area (TPSA) is 90.9 Å². The molecule has 1 aliphatic heterocycles. The number of hydrogen-bond acceptors (Lipinski definition) is 5. The number of aryl methyl sites for hydroxylation is 1. The van der Waals surface area contributed by atoms with Gasteiger partial charge in [0.05, 0.1) is 18.8 Å². The Morgan fingerprint density at radius 2 is 1.90 bits per heavy atom. The molecule has 0 radical (unpaired) electrons. The number of aliphatic hydroxyl groups excluding tert-OH is 1. The minimum atomic E-state index is -0.930. The monoisotopic (exact) mass is 569 g/mol. The lowest BCUT2D eigenvalue weighted by molar-refractivity contribution is -0.134. The van der Waals surface area contributed by atoms with Crippen molar-refractivity contribution in [1.29, 1.82) is 0 Å². The smallest absolute Gasteiger partial charge is 0.223 e. The quantitative estimate of drug-likeness (QED) is 0.383. The highest BCUT2D eigenvalue weighted by molar-refractivity contribution is 5.84. The van der Waals surface area contributed by atoms with Crippen LogP contribution in [-0.4, -0.2) is 60.2 Å². The number of ether oxygens (including phenoxy) is 1. The minimum Gasteiger partial charge on any atom is -0.493 e. The lowest BCUT2D eigenvalue weighted by atomic mass is 9.99. The molecule has 0 saturated heterocycles. The molecule has 226 valence electrons. The predicted octanol–water partition coefficient (Wildman–Crippen LogP) is 4.78. The molecule has 2 bridgehead atoms. The van der Waals surface area contributed by atoms with E-state index in [-0.39, 0.29) is 43.5 Å². The molecule has 3 rings (SSSR count). The summed E-state index contributed by atoms with van der Waals surface area (Å²) in [6.07, 6.45) is 3.95. The van der Waals surface area contributed by atoms with Crippen molar-refractivity contribution in [3.63, 3.8) is 0 Å². The van der Waals surface area contributed by atoms with Crippen LogP contribution in [-0.2, 0) is 29.0 Å². The number of benzene rings is 2. The molecule has 1 heterocycles. The fourth-order valence-corrected chi connectivity index (χ4v) is 5.39. The van der Waals surface area contributed by atoms with E-state index in [1.807, 2.05) is 24.0 Å². The van der Waals surface area contributed by atoms with E-state index in [1.165, 1.54) is 17.7 Å². The highest BCUT2D eigenvalue weighted by Gasteiger charge is 2.24. The van der Waals surface area contributed by atoms with E-state index in [0.717, 1.165) is 37.7 Å². The number of nitrogens with zero attached hydrogens (tertiary/aromatic N) is 1. The number of nitrogens with one attached hydrogen (secondary N) is 2. The summed E-state index contributed by atoms with van der Waals surface area (Å²) in [5.41, 5.74) is 2.98. The van der Waals surface area contributed by atoms with Crippen LogP contribution in [0, 0.1) is 11.7 Å². The summed E-state index contributed by atoms with van der Waals surface area (Å²) in [7, 11) is 0. The van der Waals surface area contributed by atoms with Crippen LogP contribution in [0.3, 0.4) is 0 Å². The Morgan fingerprint density at radius 1 is 1.10 bits per heavy atom. The van der Waals surface area contributed by atoms with Crippen LogP contribution in [0.5, 0.6) is 5.75 Å². The van der Waals surface area contributed by atoms with Crippen LogP contribution >= 0.6 is 0 Å². The molecule has 3 unspecified atom stereocenters. The number of aliphatic hydroxyl groups is 1. The zero-order chi connectivity index (χ0) is 29.6. The van der Waals surface area contributed by atoms with Crippen LogP contribution in [0.4, 0.5) is 4.39 Å². The van der Waals surface area contributed by atoms with Crippen molar-refractivity contribution in [2.75, 3.05) is 26.2 Å².